The molecule has 4 heterocycles. The summed E-state index contributed by atoms with van der Waals surface area (Å²) < 4.78 is 6.25. The maximum Gasteiger partial charge on any atom is 0.225 e. The molecule has 2 fully saturated rings. The Morgan fingerprint density at radius 3 is 2.74 bits per heavy atom. The molecule has 0 N–H and O–H groups in total. The average Bonchev–Trinajstić information content (AvgIpc) is 3.10. The van der Waals surface area contributed by atoms with E-state index < -0.39 is 0 Å². The Balaban J connectivity index is 1.52. The Morgan fingerprint density at radius 2 is 1.96 bits per heavy atom. The molecule has 0 amide bonds. The second-order valence-electron chi connectivity index (χ2n) is 6.35. The van der Waals surface area contributed by atoms with Crippen molar-refractivity contribution < 1.29 is 4.74 Å². The van der Waals surface area contributed by atoms with Crippen molar-refractivity contribution in [3.8, 4) is 0 Å². The molecule has 2 aromatic rings. The molecule has 6 nitrogen and oxygen atoms in total. The van der Waals surface area contributed by atoms with Crippen molar-refractivity contribution in [2.24, 2.45) is 0 Å². The fourth-order valence-corrected chi connectivity index (χ4v) is 4.11. The molecule has 1 spiro atoms. The third kappa shape index (κ3) is 3.03. The van der Waals surface area contributed by atoms with Gasteiger partial charge in [0.15, 0.2) is 5.13 Å². The van der Waals surface area contributed by atoms with Gasteiger partial charge in [-0.2, -0.15) is 0 Å². The molecule has 2 aliphatic rings. The molecule has 122 valence electrons. The largest absolute Gasteiger partial charge is 0.369 e. The zero-order valence-electron chi connectivity index (χ0n) is 13.3. The van der Waals surface area contributed by atoms with Crippen molar-refractivity contribution in [1.29, 1.82) is 0 Å². The van der Waals surface area contributed by atoms with Gasteiger partial charge in [0, 0.05) is 37.1 Å². The summed E-state index contributed by atoms with van der Waals surface area (Å²) in [5, 5.41) is 3.13. The number of aryl methyl sites for hydroxylation is 1. The third-order valence-electron chi connectivity index (χ3n) is 4.53. The van der Waals surface area contributed by atoms with E-state index in [9.17, 15) is 0 Å². The van der Waals surface area contributed by atoms with Crippen LogP contribution in [0.15, 0.2) is 24.0 Å². The number of hydrogen-bond donors (Lipinski definition) is 0. The van der Waals surface area contributed by atoms with Gasteiger partial charge in [-0.15, -0.1) is 11.3 Å². The minimum Gasteiger partial charge on any atom is -0.369 e. The number of thiazole rings is 1. The number of hydrogen-bond acceptors (Lipinski definition) is 7. The van der Waals surface area contributed by atoms with Crippen molar-refractivity contribution in [2.75, 3.05) is 42.6 Å². The fourth-order valence-electron chi connectivity index (χ4n) is 3.44. The van der Waals surface area contributed by atoms with Crippen LogP contribution in [0.25, 0.3) is 0 Å². The highest BCUT2D eigenvalue weighted by molar-refractivity contribution is 7.13. The summed E-state index contributed by atoms with van der Waals surface area (Å²) in [6, 6.07) is 0. The first-order valence-corrected chi connectivity index (χ1v) is 8.94. The third-order valence-corrected chi connectivity index (χ3v) is 5.36. The predicted octanol–water partition coefficient (Wildman–Crippen LogP) is 2.12. The smallest absolute Gasteiger partial charge is 0.225 e. The number of rotatable bonds is 2. The number of ether oxygens (including phenoxy) is 1. The molecule has 0 aromatic carbocycles. The molecule has 4 rings (SSSR count). The van der Waals surface area contributed by atoms with Crippen LogP contribution in [-0.2, 0) is 4.74 Å². The van der Waals surface area contributed by atoms with Gasteiger partial charge in [0.05, 0.1) is 19.7 Å². The van der Waals surface area contributed by atoms with Gasteiger partial charge in [0.25, 0.3) is 0 Å². The van der Waals surface area contributed by atoms with E-state index in [0.717, 1.165) is 62.3 Å². The van der Waals surface area contributed by atoms with Gasteiger partial charge in [-0.05, 0) is 25.3 Å². The van der Waals surface area contributed by atoms with Crippen LogP contribution in [0.3, 0.4) is 0 Å². The van der Waals surface area contributed by atoms with E-state index in [1.54, 1.807) is 11.3 Å². The molecule has 2 saturated heterocycles. The maximum atomic E-state index is 6.25. The standard InChI is InChI=1S/C16H21N5OS/c1-13-9-18-14(19-10-13)20-6-7-22-16(11-20)3-2-5-21(12-16)15-17-4-8-23-15/h4,8-10H,2-3,5-7,11-12H2,1H3. The second kappa shape index (κ2) is 6.05. The van der Waals surface area contributed by atoms with Crippen molar-refractivity contribution in [3.05, 3.63) is 29.5 Å². The lowest BCUT2D eigenvalue weighted by Gasteiger charge is -2.48. The highest BCUT2D eigenvalue weighted by Gasteiger charge is 2.41. The van der Waals surface area contributed by atoms with Gasteiger partial charge in [0.1, 0.15) is 5.60 Å². The molecule has 23 heavy (non-hydrogen) atoms. The summed E-state index contributed by atoms with van der Waals surface area (Å²) in [6.07, 6.45) is 7.84. The van der Waals surface area contributed by atoms with E-state index in [0.29, 0.717) is 0 Å². The monoisotopic (exact) mass is 331 g/mol. The van der Waals surface area contributed by atoms with E-state index in [4.69, 9.17) is 4.74 Å². The average molecular weight is 331 g/mol. The van der Waals surface area contributed by atoms with Gasteiger partial charge < -0.3 is 14.5 Å². The number of nitrogens with zero attached hydrogens (tertiary/aromatic N) is 5. The van der Waals surface area contributed by atoms with Crippen LogP contribution in [0, 0.1) is 6.92 Å². The molecule has 0 radical (unpaired) electrons. The van der Waals surface area contributed by atoms with Crippen LogP contribution < -0.4 is 9.80 Å². The predicted molar refractivity (Wildman–Crippen MR) is 91.2 cm³/mol. The fraction of sp³-hybridized carbons (Fsp3) is 0.562. The van der Waals surface area contributed by atoms with Crippen LogP contribution in [0.2, 0.25) is 0 Å². The van der Waals surface area contributed by atoms with Crippen LogP contribution in [-0.4, -0.2) is 53.3 Å². The summed E-state index contributed by atoms with van der Waals surface area (Å²) in [4.78, 5) is 18.0. The van der Waals surface area contributed by atoms with E-state index >= 15 is 0 Å². The SMILES string of the molecule is Cc1cnc(N2CCOC3(CCCN(c4nccs4)C3)C2)nc1. The lowest BCUT2D eigenvalue weighted by atomic mass is 9.91. The molecule has 1 unspecified atom stereocenters. The Labute approximate surface area is 140 Å². The van der Waals surface area contributed by atoms with Crippen molar-refractivity contribution in [1.82, 2.24) is 15.0 Å². The highest BCUT2D eigenvalue weighted by Crippen LogP contribution is 2.33. The van der Waals surface area contributed by atoms with E-state index in [2.05, 4.69) is 24.8 Å². The van der Waals surface area contributed by atoms with Crippen LogP contribution >= 0.6 is 11.3 Å². The highest BCUT2D eigenvalue weighted by atomic mass is 32.1. The van der Waals surface area contributed by atoms with Crippen LogP contribution in [0.1, 0.15) is 18.4 Å². The summed E-state index contributed by atoms with van der Waals surface area (Å²) in [7, 11) is 0. The first-order valence-electron chi connectivity index (χ1n) is 8.06. The maximum absolute atomic E-state index is 6.25. The topological polar surface area (TPSA) is 54.4 Å². The molecule has 0 aliphatic carbocycles. The Hall–Kier alpha value is -1.73. The normalized spacial score (nSPS) is 25.1. The molecular formula is C16H21N5OS. The molecule has 2 aromatic heterocycles. The van der Waals surface area contributed by atoms with Crippen molar-refractivity contribution >= 4 is 22.4 Å². The first-order chi connectivity index (χ1) is 11.2. The Bertz CT molecular complexity index is 643. The quantitative estimate of drug-likeness (QED) is 0.840. The molecule has 0 saturated carbocycles. The lowest BCUT2D eigenvalue weighted by Crippen LogP contribution is -2.60. The van der Waals surface area contributed by atoms with Crippen molar-refractivity contribution in [2.45, 2.75) is 25.4 Å². The van der Waals surface area contributed by atoms with Gasteiger partial charge in [-0.3, -0.25) is 0 Å². The molecular weight excluding hydrogens is 310 g/mol. The van der Waals surface area contributed by atoms with Crippen molar-refractivity contribution in [3.63, 3.8) is 0 Å². The van der Waals surface area contributed by atoms with Gasteiger partial charge in [0.2, 0.25) is 5.95 Å². The number of piperidine rings is 1. The summed E-state index contributed by atoms with van der Waals surface area (Å²) in [6.45, 7) is 6.38. The summed E-state index contributed by atoms with van der Waals surface area (Å²) in [5.41, 5.74) is 0.945. The number of anilines is 2. The first kappa shape index (κ1) is 14.8. The van der Waals surface area contributed by atoms with Crippen LogP contribution in [0.4, 0.5) is 11.1 Å². The Morgan fingerprint density at radius 1 is 1.13 bits per heavy atom. The summed E-state index contributed by atoms with van der Waals surface area (Å²) in [5.74, 6) is 0.810. The zero-order chi connectivity index (χ0) is 15.7. The van der Waals surface area contributed by atoms with Gasteiger partial charge in [-0.25, -0.2) is 15.0 Å². The molecule has 0 bridgehead atoms. The second-order valence-corrected chi connectivity index (χ2v) is 7.23. The van der Waals surface area contributed by atoms with E-state index in [1.807, 2.05) is 30.9 Å². The molecule has 7 heteroatoms. The summed E-state index contributed by atoms with van der Waals surface area (Å²) >= 11 is 1.70. The zero-order valence-corrected chi connectivity index (χ0v) is 14.1. The van der Waals surface area contributed by atoms with E-state index in [-0.39, 0.29) is 5.60 Å². The minimum atomic E-state index is -0.142. The van der Waals surface area contributed by atoms with Gasteiger partial charge in [-0.1, -0.05) is 0 Å². The van der Waals surface area contributed by atoms with E-state index in [1.165, 1.54) is 0 Å². The number of aromatic nitrogens is 3. The van der Waals surface area contributed by atoms with Gasteiger partial charge >= 0.3 is 0 Å². The minimum absolute atomic E-state index is 0.142. The van der Waals surface area contributed by atoms with Crippen LogP contribution in [0.5, 0.6) is 0 Å². The Kier molecular flexibility index (Phi) is 3.90. The lowest BCUT2D eigenvalue weighted by molar-refractivity contribution is -0.0632. The molecule has 1 atom stereocenters. The number of morpholine rings is 1. The molecule has 2 aliphatic heterocycles.